The van der Waals surface area contributed by atoms with E-state index in [0.717, 1.165) is 9.88 Å². The largest absolute Gasteiger partial charge is 0.363 e. The van der Waals surface area contributed by atoms with Gasteiger partial charge in [-0.05, 0) is 19.1 Å². The fraction of sp³-hybridized carbons (Fsp3) is 0.154. The molecule has 19 heavy (non-hydrogen) atoms. The molecule has 0 bridgehead atoms. The molecule has 2 heterocycles. The van der Waals surface area contributed by atoms with Gasteiger partial charge in [-0.1, -0.05) is 6.07 Å². The monoisotopic (exact) mass is 274 g/mol. The first kappa shape index (κ1) is 12.0. The Bertz CT molecular complexity index is 725. The summed E-state index contributed by atoms with van der Waals surface area (Å²) in [6.07, 6.45) is 3.19. The van der Waals surface area contributed by atoms with Gasteiger partial charge in [0.1, 0.15) is 28.5 Å². The second-order valence-electron chi connectivity index (χ2n) is 4.08. The van der Waals surface area contributed by atoms with E-state index in [0.29, 0.717) is 23.3 Å². The maximum atomic E-state index is 13.6. The summed E-state index contributed by atoms with van der Waals surface area (Å²) in [5.41, 5.74) is 0.329. The first-order valence-electron chi connectivity index (χ1n) is 5.78. The van der Waals surface area contributed by atoms with E-state index in [-0.39, 0.29) is 5.82 Å². The molecule has 0 spiro atoms. The Kier molecular flexibility index (Phi) is 3.08. The summed E-state index contributed by atoms with van der Waals surface area (Å²) < 4.78 is 13.6. The summed E-state index contributed by atoms with van der Waals surface area (Å²) in [6.45, 7) is 2.58. The average Bonchev–Trinajstić information content (AvgIpc) is 2.83. The van der Waals surface area contributed by atoms with E-state index in [4.69, 9.17) is 0 Å². The molecule has 0 radical (unpaired) electrons. The molecule has 6 heteroatoms. The highest BCUT2D eigenvalue weighted by molar-refractivity contribution is 7.11. The molecular formula is C13H11FN4S. The van der Waals surface area contributed by atoms with E-state index in [1.54, 1.807) is 23.5 Å². The van der Waals surface area contributed by atoms with Crippen molar-refractivity contribution in [2.45, 2.75) is 13.5 Å². The molecule has 0 aliphatic carbocycles. The molecule has 0 unspecified atom stereocenters. The quantitative estimate of drug-likeness (QED) is 0.797. The number of hydrogen-bond donors (Lipinski definition) is 1. The summed E-state index contributed by atoms with van der Waals surface area (Å²) in [7, 11) is 0. The van der Waals surface area contributed by atoms with Crippen LogP contribution in [0.1, 0.15) is 9.88 Å². The fourth-order valence-corrected chi connectivity index (χ4v) is 2.56. The third-order valence-electron chi connectivity index (χ3n) is 2.69. The van der Waals surface area contributed by atoms with Crippen molar-refractivity contribution in [1.82, 2.24) is 15.0 Å². The molecular weight excluding hydrogens is 263 g/mol. The van der Waals surface area contributed by atoms with Crippen molar-refractivity contribution in [3.05, 3.63) is 46.4 Å². The number of thiazole rings is 1. The topological polar surface area (TPSA) is 50.7 Å². The van der Waals surface area contributed by atoms with Gasteiger partial charge in [0.15, 0.2) is 0 Å². The van der Waals surface area contributed by atoms with Crippen molar-refractivity contribution in [3.8, 4) is 0 Å². The van der Waals surface area contributed by atoms with Gasteiger partial charge in [-0.3, -0.25) is 0 Å². The van der Waals surface area contributed by atoms with E-state index in [9.17, 15) is 4.39 Å². The van der Waals surface area contributed by atoms with E-state index in [1.165, 1.54) is 12.4 Å². The molecule has 0 aliphatic rings. The third-order valence-corrected chi connectivity index (χ3v) is 3.60. The van der Waals surface area contributed by atoms with E-state index < -0.39 is 0 Å². The maximum Gasteiger partial charge on any atom is 0.149 e. The summed E-state index contributed by atoms with van der Waals surface area (Å²) in [6, 6.07) is 4.84. The highest BCUT2D eigenvalue weighted by atomic mass is 32.1. The molecule has 0 amide bonds. The number of nitrogens with one attached hydrogen (secondary N) is 1. The predicted octanol–water partition coefficient (Wildman–Crippen LogP) is 3.15. The molecule has 4 nitrogen and oxygen atoms in total. The van der Waals surface area contributed by atoms with Crippen LogP contribution >= 0.6 is 11.3 Å². The van der Waals surface area contributed by atoms with Gasteiger partial charge in [-0.2, -0.15) is 0 Å². The van der Waals surface area contributed by atoms with Gasteiger partial charge in [0.05, 0.1) is 6.54 Å². The molecule has 0 saturated heterocycles. The minimum atomic E-state index is -0.340. The minimum Gasteiger partial charge on any atom is -0.363 e. The SMILES string of the molecule is Cc1cnc(CNc2ncnc3c(F)cccc23)s1. The number of anilines is 1. The number of aryl methyl sites for hydroxylation is 1. The number of rotatable bonds is 3. The van der Waals surface area contributed by atoms with Gasteiger partial charge in [-0.15, -0.1) is 11.3 Å². The van der Waals surface area contributed by atoms with Crippen LogP contribution in [-0.2, 0) is 6.54 Å². The Labute approximate surface area is 113 Å². The first-order chi connectivity index (χ1) is 9.24. The molecule has 0 atom stereocenters. The number of halogens is 1. The normalized spacial score (nSPS) is 10.8. The first-order valence-corrected chi connectivity index (χ1v) is 6.60. The molecule has 1 N–H and O–H groups in total. The lowest BCUT2D eigenvalue weighted by molar-refractivity contribution is 0.636. The average molecular weight is 274 g/mol. The predicted molar refractivity (Wildman–Crippen MR) is 73.7 cm³/mol. The highest BCUT2D eigenvalue weighted by Gasteiger charge is 2.07. The lowest BCUT2D eigenvalue weighted by Gasteiger charge is -2.06. The van der Waals surface area contributed by atoms with Gasteiger partial charge in [-0.25, -0.2) is 19.3 Å². The smallest absolute Gasteiger partial charge is 0.149 e. The van der Waals surface area contributed by atoms with Crippen molar-refractivity contribution in [1.29, 1.82) is 0 Å². The van der Waals surface area contributed by atoms with Crippen molar-refractivity contribution in [2.75, 3.05) is 5.32 Å². The Morgan fingerprint density at radius 1 is 1.26 bits per heavy atom. The van der Waals surface area contributed by atoms with Crippen LogP contribution in [0.5, 0.6) is 0 Å². The maximum absolute atomic E-state index is 13.6. The molecule has 0 fully saturated rings. The lowest BCUT2D eigenvalue weighted by Crippen LogP contribution is -2.02. The summed E-state index contributed by atoms with van der Waals surface area (Å²) >= 11 is 1.62. The summed E-state index contributed by atoms with van der Waals surface area (Å²) in [5.74, 6) is 0.283. The number of fused-ring (bicyclic) bond motifs is 1. The van der Waals surface area contributed by atoms with Gasteiger partial charge in [0.25, 0.3) is 0 Å². The zero-order chi connectivity index (χ0) is 13.2. The van der Waals surface area contributed by atoms with E-state index in [2.05, 4.69) is 20.3 Å². The second kappa shape index (κ2) is 4.89. The Morgan fingerprint density at radius 2 is 2.16 bits per heavy atom. The van der Waals surface area contributed by atoms with Crippen LogP contribution < -0.4 is 5.32 Å². The van der Waals surface area contributed by atoms with Crippen LogP contribution in [0, 0.1) is 12.7 Å². The van der Waals surface area contributed by atoms with Gasteiger partial charge >= 0.3 is 0 Å². The summed E-state index contributed by atoms with van der Waals surface area (Å²) in [4.78, 5) is 13.5. The van der Waals surface area contributed by atoms with Crippen LogP contribution in [0.3, 0.4) is 0 Å². The van der Waals surface area contributed by atoms with Gasteiger partial charge < -0.3 is 5.32 Å². The number of hydrogen-bond acceptors (Lipinski definition) is 5. The van der Waals surface area contributed by atoms with Crippen molar-refractivity contribution in [2.24, 2.45) is 0 Å². The number of nitrogens with zero attached hydrogens (tertiary/aromatic N) is 3. The minimum absolute atomic E-state index is 0.329. The number of aromatic nitrogens is 3. The molecule has 3 aromatic rings. The van der Waals surface area contributed by atoms with Crippen molar-refractivity contribution >= 4 is 28.1 Å². The van der Waals surface area contributed by atoms with E-state index >= 15 is 0 Å². The van der Waals surface area contributed by atoms with Crippen LogP contribution in [0.25, 0.3) is 10.9 Å². The van der Waals surface area contributed by atoms with E-state index in [1.807, 2.05) is 13.1 Å². The molecule has 96 valence electrons. The highest BCUT2D eigenvalue weighted by Crippen LogP contribution is 2.22. The molecule has 0 aliphatic heterocycles. The third kappa shape index (κ3) is 2.39. The molecule has 1 aromatic carbocycles. The van der Waals surface area contributed by atoms with Crippen molar-refractivity contribution < 1.29 is 4.39 Å². The number of para-hydroxylation sites is 1. The van der Waals surface area contributed by atoms with Crippen LogP contribution in [0.2, 0.25) is 0 Å². The number of benzene rings is 1. The molecule has 3 rings (SSSR count). The standard InChI is InChI=1S/C13H11FN4S/c1-8-5-15-11(19-8)6-16-13-9-3-2-4-10(14)12(9)17-7-18-13/h2-5,7H,6H2,1H3,(H,16,17,18). The Hall–Kier alpha value is -2.08. The zero-order valence-electron chi connectivity index (χ0n) is 10.2. The van der Waals surface area contributed by atoms with Gasteiger partial charge in [0, 0.05) is 16.5 Å². The second-order valence-corrected chi connectivity index (χ2v) is 5.40. The molecule has 2 aromatic heterocycles. The zero-order valence-corrected chi connectivity index (χ0v) is 11.0. The lowest BCUT2D eigenvalue weighted by atomic mass is 10.2. The van der Waals surface area contributed by atoms with Crippen LogP contribution in [0.15, 0.2) is 30.7 Å². The molecule has 0 saturated carbocycles. The summed E-state index contributed by atoms with van der Waals surface area (Å²) in [5, 5.41) is 4.82. The van der Waals surface area contributed by atoms with Gasteiger partial charge in [0.2, 0.25) is 0 Å². The van der Waals surface area contributed by atoms with Crippen LogP contribution in [0.4, 0.5) is 10.2 Å². The van der Waals surface area contributed by atoms with Crippen molar-refractivity contribution in [3.63, 3.8) is 0 Å². The Balaban J connectivity index is 1.91. The van der Waals surface area contributed by atoms with Crippen LogP contribution in [-0.4, -0.2) is 15.0 Å². The Morgan fingerprint density at radius 3 is 2.95 bits per heavy atom. The fourth-order valence-electron chi connectivity index (χ4n) is 1.83.